The number of hydrogen-bond acceptors (Lipinski definition) is 7. The lowest BCUT2D eigenvalue weighted by Gasteiger charge is -2.32. The van der Waals surface area contributed by atoms with Crippen molar-refractivity contribution in [2.24, 2.45) is 0 Å². The Morgan fingerprint density at radius 3 is 3.04 bits per heavy atom. The van der Waals surface area contributed by atoms with E-state index in [1.165, 1.54) is 10.6 Å². The summed E-state index contributed by atoms with van der Waals surface area (Å²) in [4.78, 5) is 8.62. The Morgan fingerprint density at radius 2 is 2.30 bits per heavy atom. The van der Waals surface area contributed by atoms with E-state index in [1.807, 2.05) is 12.1 Å². The molecule has 0 spiro atoms. The van der Waals surface area contributed by atoms with Crippen LogP contribution in [-0.4, -0.2) is 48.7 Å². The van der Waals surface area contributed by atoms with Gasteiger partial charge in [0.1, 0.15) is 17.6 Å². The minimum atomic E-state index is -3.35. The molecule has 2 aromatic rings. The molecule has 9 heteroatoms. The van der Waals surface area contributed by atoms with Gasteiger partial charge >= 0.3 is 0 Å². The molecular weight excluding hydrogens is 320 g/mol. The second kappa shape index (κ2) is 6.65. The molecule has 1 atom stereocenters. The molecule has 0 aromatic carbocycles. The Morgan fingerprint density at radius 1 is 1.43 bits per heavy atom. The summed E-state index contributed by atoms with van der Waals surface area (Å²) in [5.74, 6) is 1.80. The third-order valence-corrected chi connectivity index (χ3v) is 4.79. The third kappa shape index (κ3) is 3.87. The minimum Gasteiger partial charge on any atom is -0.467 e. The van der Waals surface area contributed by atoms with E-state index in [4.69, 9.17) is 9.15 Å². The zero-order chi connectivity index (χ0) is 16.3. The summed E-state index contributed by atoms with van der Waals surface area (Å²) in [5.41, 5.74) is 0. The van der Waals surface area contributed by atoms with Gasteiger partial charge in [0.25, 0.3) is 0 Å². The van der Waals surface area contributed by atoms with Gasteiger partial charge in [0, 0.05) is 12.7 Å². The summed E-state index contributed by atoms with van der Waals surface area (Å²) in [6.45, 7) is 1.41. The largest absolute Gasteiger partial charge is 0.467 e. The average molecular weight is 338 g/mol. The molecule has 1 aliphatic rings. The van der Waals surface area contributed by atoms with Gasteiger partial charge in [-0.2, -0.15) is 4.31 Å². The first-order valence-corrected chi connectivity index (χ1v) is 9.02. The predicted molar refractivity (Wildman–Crippen MR) is 83.2 cm³/mol. The monoisotopic (exact) mass is 338 g/mol. The summed E-state index contributed by atoms with van der Waals surface area (Å²) in [5, 5.41) is 3.13. The van der Waals surface area contributed by atoms with Crippen molar-refractivity contribution in [3.8, 4) is 0 Å². The fourth-order valence-electron chi connectivity index (χ4n) is 2.41. The molecule has 0 amide bonds. The smallest absolute Gasteiger partial charge is 0.212 e. The van der Waals surface area contributed by atoms with Crippen molar-refractivity contribution in [2.75, 3.05) is 31.3 Å². The summed E-state index contributed by atoms with van der Waals surface area (Å²) in [7, 11) is -3.35. The SMILES string of the molecule is CS(=O)(=O)N1CCOCC1c1nccc(NCc2ccco2)n1. The van der Waals surface area contributed by atoms with Crippen molar-refractivity contribution in [2.45, 2.75) is 12.6 Å². The minimum absolute atomic E-state index is 0.245. The molecule has 1 unspecified atom stereocenters. The van der Waals surface area contributed by atoms with E-state index in [-0.39, 0.29) is 6.61 Å². The average Bonchev–Trinajstić information content (AvgIpc) is 3.06. The standard InChI is InChI=1S/C14H18N4O4S/c1-23(19,20)18-6-8-21-10-12(18)14-15-5-4-13(17-14)16-9-11-3-2-7-22-11/h2-5,7,12H,6,8-10H2,1H3,(H,15,16,17). The molecule has 0 saturated carbocycles. The lowest BCUT2D eigenvalue weighted by molar-refractivity contribution is 0.0293. The van der Waals surface area contributed by atoms with E-state index in [0.29, 0.717) is 31.3 Å². The zero-order valence-corrected chi connectivity index (χ0v) is 13.5. The van der Waals surface area contributed by atoms with Crippen LogP contribution in [0.2, 0.25) is 0 Å². The second-order valence-corrected chi connectivity index (χ2v) is 7.13. The number of nitrogens with zero attached hydrogens (tertiary/aromatic N) is 3. The molecule has 3 heterocycles. The number of rotatable bonds is 5. The van der Waals surface area contributed by atoms with Gasteiger partial charge in [-0.25, -0.2) is 18.4 Å². The molecule has 1 N–H and O–H groups in total. The third-order valence-electron chi connectivity index (χ3n) is 3.50. The van der Waals surface area contributed by atoms with Gasteiger partial charge in [-0.1, -0.05) is 0 Å². The van der Waals surface area contributed by atoms with Crippen LogP contribution in [0.3, 0.4) is 0 Å². The van der Waals surface area contributed by atoms with Gasteiger partial charge < -0.3 is 14.5 Å². The van der Waals surface area contributed by atoms with Crippen LogP contribution in [0.4, 0.5) is 5.82 Å². The number of aromatic nitrogens is 2. The van der Waals surface area contributed by atoms with Crippen LogP contribution in [0, 0.1) is 0 Å². The van der Waals surface area contributed by atoms with Crippen molar-refractivity contribution in [1.29, 1.82) is 0 Å². The fourth-order valence-corrected chi connectivity index (χ4v) is 3.44. The molecule has 2 aromatic heterocycles. The molecule has 3 rings (SSSR count). The predicted octanol–water partition coefficient (Wildman–Crippen LogP) is 1.01. The van der Waals surface area contributed by atoms with Crippen molar-refractivity contribution in [3.05, 3.63) is 42.2 Å². The fraction of sp³-hybridized carbons (Fsp3) is 0.429. The van der Waals surface area contributed by atoms with Crippen LogP contribution in [0.1, 0.15) is 17.6 Å². The van der Waals surface area contributed by atoms with Gasteiger partial charge in [0.15, 0.2) is 5.82 Å². The topological polar surface area (TPSA) is 97.6 Å². The highest BCUT2D eigenvalue weighted by Gasteiger charge is 2.33. The molecule has 124 valence electrons. The molecule has 1 fully saturated rings. The maximum atomic E-state index is 11.9. The van der Waals surface area contributed by atoms with Crippen LogP contribution >= 0.6 is 0 Å². The van der Waals surface area contributed by atoms with Crippen LogP contribution in [0.15, 0.2) is 35.1 Å². The number of sulfonamides is 1. The summed E-state index contributed by atoms with van der Waals surface area (Å²) >= 11 is 0. The van der Waals surface area contributed by atoms with Crippen molar-refractivity contribution >= 4 is 15.8 Å². The highest BCUT2D eigenvalue weighted by molar-refractivity contribution is 7.88. The number of ether oxygens (including phenoxy) is 1. The number of anilines is 1. The van der Waals surface area contributed by atoms with Gasteiger partial charge in [-0.05, 0) is 18.2 Å². The summed E-state index contributed by atoms with van der Waals surface area (Å²) in [6.07, 6.45) is 4.39. The van der Waals surface area contributed by atoms with Crippen molar-refractivity contribution in [1.82, 2.24) is 14.3 Å². The first-order chi connectivity index (χ1) is 11.0. The molecule has 0 bridgehead atoms. The molecule has 23 heavy (non-hydrogen) atoms. The molecular formula is C14H18N4O4S. The number of furan rings is 1. The van der Waals surface area contributed by atoms with E-state index in [1.54, 1.807) is 18.5 Å². The van der Waals surface area contributed by atoms with Gasteiger partial charge in [-0.3, -0.25) is 0 Å². The van der Waals surface area contributed by atoms with E-state index < -0.39 is 16.1 Å². The van der Waals surface area contributed by atoms with Crippen LogP contribution in [0.5, 0.6) is 0 Å². The lowest BCUT2D eigenvalue weighted by Crippen LogP contribution is -2.43. The Kier molecular flexibility index (Phi) is 4.60. The molecule has 0 aliphatic carbocycles. The van der Waals surface area contributed by atoms with E-state index in [2.05, 4.69) is 15.3 Å². The Bertz CT molecular complexity index is 748. The highest BCUT2D eigenvalue weighted by Crippen LogP contribution is 2.24. The maximum absolute atomic E-state index is 11.9. The Balaban J connectivity index is 1.77. The molecule has 0 radical (unpaired) electrons. The van der Waals surface area contributed by atoms with Crippen LogP contribution in [0.25, 0.3) is 0 Å². The first-order valence-electron chi connectivity index (χ1n) is 7.18. The van der Waals surface area contributed by atoms with Crippen molar-refractivity contribution in [3.63, 3.8) is 0 Å². The zero-order valence-electron chi connectivity index (χ0n) is 12.7. The van der Waals surface area contributed by atoms with Crippen molar-refractivity contribution < 1.29 is 17.6 Å². The summed E-state index contributed by atoms with van der Waals surface area (Å²) in [6, 6.07) is 4.88. The first kappa shape index (κ1) is 15.9. The van der Waals surface area contributed by atoms with E-state index in [9.17, 15) is 8.42 Å². The van der Waals surface area contributed by atoms with Crippen LogP contribution < -0.4 is 5.32 Å². The van der Waals surface area contributed by atoms with Gasteiger partial charge in [0.2, 0.25) is 10.0 Å². The normalized spacial score (nSPS) is 19.6. The Hall–Kier alpha value is -1.97. The van der Waals surface area contributed by atoms with Gasteiger partial charge in [-0.15, -0.1) is 0 Å². The number of nitrogens with one attached hydrogen (secondary N) is 1. The quantitative estimate of drug-likeness (QED) is 0.869. The van der Waals surface area contributed by atoms with E-state index in [0.717, 1.165) is 5.76 Å². The second-order valence-electron chi connectivity index (χ2n) is 5.20. The highest BCUT2D eigenvalue weighted by atomic mass is 32.2. The number of morpholine rings is 1. The number of hydrogen-bond donors (Lipinski definition) is 1. The lowest BCUT2D eigenvalue weighted by atomic mass is 10.2. The van der Waals surface area contributed by atoms with Crippen LogP contribution in [-0.2, 0) is 21.3 Å². The molecule has 8 nitrogen and oxygen atoms in total. The Labute approximate surface area is 134 Å². The van der Waals surface area contributed by atoms with E-state index >= 15 is 0 Å². The summed E-state index contributed by atoms with van der Waals surface area (Å²) < 4.78 is 35.9. The molecule has 1 saturated heterocycles. The van der Waals surface area contributed by atoms with Gasteiger partial charge in [0.05, 0.1) is 32.3 Å². The molecule has 1 aliphatic heterocycles. The maximum Gasteiger partial charge on any atom is 0.212 e.